The van der Waals surface area contributed by atoms with Gasteiger partial charge in [-0.15, -0.1) is 0 Å². The fourth-order valence-electron chi connectivity index (χ4n) is 4.48. The number of nitrogens with zero attached hydrogens (tertiary/aromatic N) is 4. The molecule has 1 aliphatic heterocycles. The van der Waals surface area contributed by atoms with Gasteiger partial charge >= 0.3 is 12.3 Å². The molecule has 1 amide bonds. The van der Waals surface area contributed by atoms with E-state index in [-0.39, 0.29) is 5.92 Å². The predicted molar refractivity (Wildman–Crippen MR) is 150 cm³/mol. The van der Waals surface area contributed by atoms with Gasteiger partial charge in [0.1, 0.15) is 10.5 Å². The summed E-state index contributed by atoms with van der Waals surface area (Å²) in [7, 11) is 0. The number of piperidine rings is 1. The van der Waals surface area contributed by atoms with Crippen molar-refractivity contribution in [2.45, 2.75) is 25.4 Å². The molecule has 0 bridgehead atoms. The maximum atomic E-state index is 13.0. The summed E-state index contributed by atoms with van der Waals surface area (Å²) >= 11 is 14.0. The van der Waals surface area contributed by atoms with Gasteiger partial charge in [-0.05, 0) is 60.7 Å². The molecule has 14 heteroatoms. The van der Waals surface area contributed by atoms with Crippen LogP contribution in [0.3, 0.4) is 0 Å². The summed E-state index contributed by atoms with van der Waals surface area (Å²) < 4.78 is 39.1. The highest BCUT2D eigenvalue weighted by atomic mass is 35.5. The lowest BCUT2D eigenvalue weighted by molar-refractivity contribution is -0.137. The molecule has 4 aromatic rings. The van der Waals surface area contributed by atoms with Crippen molar-refractivity contribution in [3.63, 3.8) is 0 Å². The number of amides is 1. The van der Waals surface area contributed by atoms with E-state index in [1.54, 1.807) is 18.2 Å². The number of thiazole rings is 1. The van der Waals surface area contributed by atoms with Crippen LogP contribution < -0.4 is 10.6 Å². The average Bonchev–Trinajstić information content (AvgIpc) is 3.32. The van der Waals surface area contributed by atoms with E-state index in [0.29, 0.717) is 74.5 Å². The van der Waals surface area contributed by atoms with E-state index >= 15 is 0 Å². The lowest BCUT2D eigenvalue weighted by Gasteiger charge is -2.30. The Morgan fingerprint density at radius 3 is 2.50 bits per heavy atom. The van der Waals surface area contributed by atoms with Crippen LogP contribution in [0.25, 0.3) is 10.3 Å². The Morgan fingerprint density at radius 2 is 1.82 bits per heavy atom. The fourth-order valence-corrected chi connectivity index (χ4v) is 5.96. The number of alkyl halides is 3. The third kappa shape index (κ3) is 6.51. The molecule has 2 aromatic heterocycles. The molecule has 2 aromatic carbocycles. The molecule has 1 aliphatic rings. The lowest BCUT2D eigenvalue weighted by atomic mass is 9.98. The Kier molecular flexibility index (Phi) is 8.20. The molecule has 1 saturated heterocycles. The van der Waals surface area contributed by atoms with Crippen LogP contribution in [0.15, 0.2) is 42.5 Å². The molecule has 0 aliphatic carbocycles. The second-order valence-electron chi connectivity index (χ2n) is 9.35. The van der Waals surface area contributed by atoms with E-state index in [0.717, 1.165) is 25.0 Å². The van der Waals surface area contributed by atoms with Crippen LogP contribution in [0.4, 0.5) is 35.4 Å². The zero-order valence-electron chi connectivity index (χ0n) is 20.8. The zero-order valence-corrected chi connectivity index (χ0v) is 23.1. The SMILES string of the molecule is O=C(O)N1CCCC(CNc2nc(Nc3ccc(C(F)(F)F)cc3)c3nc(Cc4c(Cl)cccc4Cl)sc3n2)C1. The quantitative estimate of drug-likeness (QED) is 0.198. The highest BCUT2D eigenvalue weighted by molar-refractivity contribution is 7.18. The number of aromatic nitrogens is 3. The van der Waals surface area contributed by atoms with Gasteiger partial charge in [0.05, 0.1) is 5.56 Å². The third-order valence-corrected chi connectivity index (χ3v) is 8.16. The summed E-state index contributed by atoms with van der Waals surface area (Å²) in [4.78, 5) is 27.2. The van der Waals surface area contributed by atoms with Gasteiger partial charge in [0, 0.05) is 41.8 Å². The van der Waals surface area contributed by atoms with Gasteiger partial charge in [-0.25, -0.2) is 14.8 Å². The minimum absolute atomic E-state index is 0.0786. The van der Waals surface area contributed by atoms with Gasteiger partial charge < -0.3 is 20.6 Å². The molecule has 5 rings (SSSR count). The first-order valence-electron chi connectivity index (χ1n) is 12.3. The van der Waals surface area contributed by atoms with Crippen LogP contribution in [-0.4, -0.2) is 50.7 Å². The van der Waals surface area contributed by atoms with Crippen molar-refractivity contribution in [3.05, 3.63) is 68.6 Å². The first kappa shape index (κ1) is 28.2. The Balaban J connectivity index is 1.44. The number of hydrogen-bond donors (Lipinski definition) is 3. The van der Waals surface area contributed by atoms with Crippen molar-refractivity contribution in [2.24, 2.45) is 5.92 Å². The van der Waals surface area contributed by atoms with Crippen LogP contribution >= 0.6 is 34.5 Å². The smallest absolute Gasteiger partial charge is 0.416 e. The Labute approximate surface area is 241 Å². The first-order chi connectivity index (χ1) is 19.1. The van der Waals surface area contributed by atoms with Gasteiger partial charge in [0.15, 0.2) is 10.6 Å². The summed E-state index contributed by atoms with van der Waals surface area (Å²) in [6.45, 7) is 1.37. The van der Waals surface area contributed by atoms with Gasteiger partial charge in [0.2, 0.25) is 5.95 Å². The standard InChI is InChI=1S/C26H23Cl2F3N6O2S/c27-18-4-1-5-19(28)17(18)11-20-34-21-22(33-16-8-6-15(7-9-16)26(29,30)31)35-24(36-23(21)40-20)32-12-14-3-2-10-37(13-14)25(38)39/h1,4-9,14H,2-3,10-13H2,(H,38,39)(H2,32,33,35,36). The minimum Gasteiger partial charge on any atom is -0.465 e. The number of anilines is 3. The number of carbonyl (C=O) groups is 1. The van der Waals surface area contributed by atoms with E-state index in [4.69, 9.17) is 28.2 Å². The van der Waals surface area contributed by atoms with Crippen LogP contribution in [0.5, 0.6) is 0 Å². The number of rotatable bonds is 7. The lowest BCUT2D eigenvalue weighted by Crippen LogP contribution is -2.41. The molecule has 3 N–H and O–H groups in total. The molecular weight excluding hydrogens is 588 g/mol. The molecule has 40 heavy (non-hydrogen) atoms. The van der Waals surface area contributed by atoms with E-state index in [9.17, 15) is 23.1 Å². The number of benzene rings is 2. The Hall–Kier alpha value is -3.35. The summed E-state index contributed by atoms with van der Waals surface area (Å²) in [6, 6.07) is 9.86. The highest BCUT2D eigenvalue weighted by Crippen LogP contribution is 2.34. The summed E-state index contributed by atoms with van der Waals surface area (Å²) in [5.74, 6) is 0.686. The largest absolute Gasteiger partial charge is 0.465 e. The van der Waals surface area contributed by atoms with E-state index in [1.165, 1.54) is 28.4 Å². The maximum absolute atomic E-state index is 13.0. The molecule has 0 spiro atoms. The van der Waals surface area contributed by atoms with Crippen molar-refractivity contribution in [1.82, 2.24) is 19.9 Å². The number of likely N-dealkylation sites (tertiary alicyclic amines) is 1. The van der Waals surface area contributed by atoms with Crippen LogP contribution in [0, 0.1) is 5.92 Å². The highest BCUT2D eigenvalue weighted by Gasteiger charge is 2.30. The molecular formula is C26H23Cl2F3N6O2S. The van der Waals surface area contributed by atoms with Crippen LogP contribution in [0.1, 0.15) is 29.0 Å². The van der Waals surface area contributed by atoms with Gasteiger partial charge in [-0.3, -0.25) is 0 Å². The Morgan fingerprint density at radius 1 is 1.10 bits per heavy atom. The number of halogens is 5. The monoisotopic (exact) mass is 610 g/mol. The number of carboxylic acid groups (broad SMARTS) is 1. The third-order valence-electron chi connectivity index (χ3n) is 6.51. The van der Waals surface area contributed by atoms with Crippen LogP contribution in [-0.2, 0) is 12.6 Å². The minimum atomic E-state index is -4.45. The van der Waals surface area contributed by atoms with Crippen molar-refractivity contribution >= 4 is 68.4 Å². The summed E-state index contributed by atoms with van der Waals surface area (Å²) in [5.41, 5.74) is 0.799. The van der Waals surface area contributed by atoms with Crippen molar-refractivity contribution < 1.29 is 23.1 Å². The van der Waals surface area contributed by atoms with E-state index in [2.05, 4.69) is 20.6 Å². The van der Waals surface area contributed by atoms with E-state index in [1.807, 2.05) is 0 Å². The fraction of sp³-hybridized carbons (Fsp3) is 0.308. The zero-order chi connectivity index (χ0) is 28.4. The van der Waals surface area contributed by atoms with Gasteiger partial charge in [-0.2, -0.15) is 18.2 Å². The first-order valence-corrected chi connectivity index (χ1v) is 13.9. The average molecular weight is 611 g/mol. The number of hydrogen-bond acceptors (Lipinski definition) is 7. The normalized spacial score (nSPS) is 15.8. The number of nitrogens with one attached hydrogen (secondary N) is 2. The molecule has 210 valence electrons. The maximum Gasteiger partial charge on any atom is 0.416 e. The van der Waals surface area contributed by atoms with Crippen molar-refractivity contribution in [1.29, 1.82) is 0 Å². The van der Waals surface area contributed by atoms with Gasteiger partial charge in [-0.1, -0.05) is 40.6 Å². The molecule has 0 radical (unpaired) electrons. The second kappa shape index (κ2) is 11.6. The summed E-state index contributed by atoms with van der Waals surface area (Å²) in [5, 5.41) is 17.3. The number of fused-ring (bicyclic) bond motifs is 1. The molecule has 8 nitrogen and oxygen atoms in total. The predicted octanol–water partition coefficient (Wildman–Crippen LogP) is 7.55. The topological polar surface area (TPSA) is 103 Å². The molecule has 1 fully saturated rings. The van der Waals surface area contributed by atoms with Crippen molar-refractivity contribution in [3.8, 4) is 0 Å². The molecule has 1 atom stereocenters. The Bertz CT molecular complexity index is 1510. The van der Waals surface area contributed by atoms with Crippen molar-refractivity contribution in [2.75, 3.05) is 30.3 Å². The second-order valence-corrected chi connectivity index (χ2v) is 11.2. The van der Waals surface area contributed by atoms with Gasteiger partial charge in [0.25, 0.3) is 0 Å². The summed E-state index contributed by atoms with van der Waals surface area (Å²) in [6.07, 6.45) is -3.41. The molecule has 0 saturated carbocycles. The van der Waals surface area contributed by atoms with Crippen LogP contribution in [0.2, 0.25) is 10.0 Å². The molecule has 3 heterocycles. The van der Waals surface area contributed by atoms with E-state index < -0.39 is 17.8 Å². The molecule has 1 unspecified atom stereocenters.